The molecule has 0 unspecified atom stereocenters. The summed E-state index contributed by atoms with van der Waals surface area (Å²) in [5.74, 6) is -0.140. The highest BCUT2D eigenvalue weighted by atomic mass is 35.5. The molecule has 0 aliphatic heterocycles. The summed E-state index contributed by atoms with van der Waals surface area (Å²) in [7, 11) is 0. The van der Waals surface area contributed by atoms with Gasteiger partial charge in [-0.15, -0.1) is 11.3 Å². The molecule has 0 spiro atoms. The Labute approximate surface area is 174 Å². The number of aromatic nitrogens is 3. The molecule has 0 atom stereocenters. The molecule has 7 heteroatoms. The number of nitrogens with zero attached hydrogens (tertiary/aromatic N) is 3. The van der Waals surface area contributed by atoms with Crippen LogP contribution in [0.4, 0.5) is 5.69 Å². The van der Waals surface area contributed by atoms with Crippen molar-refractivity contribution in [3.8, 4) is 5.13 Å². The Bertz CT molecular complexity index is 963. The predicted molar refractivity (Wildman–Crippen MR) is 116 cm³/mol. The molecule has 0 bridgehead atoms. The van der Waals surface area contributed by atoms with Crippen LogP contribution in [-0.4, -0.2) is 20.7 Å². The number of rotatable bonds is 8. The minimum absolute atomic E-state index is 0.140. The second-order valence-electron chi connectivity index (χ2n) is 6.84. The normalized spacial score (nSPS) is 11.0. The van der Waals surface area contributed by atoms with Gasteiger partial charge in [-0.25, -0.2) is 9.67 Å². The Hall–Kier alpha value is -2.18. The van der Waals surface area contributed by atoms with E-state index in [1.165, 1.54) is 36.2 Å². The Morgan fingerprint density at radius 1 is 1.25 bits per heavy atom. The first-order valence-electron chi connectivity index (χ1n) is 9.53. The lowest BCUT2D eigenvalue weighted by Crippen LogP contribution is -2.15. The van der Waals surface area contributed by atoms with Gasteiger partial charge >= 0.3 is 0 Å². The highest BCUT2D eigenvalue weighted by Crippen LogP contribution is 2.24. The van der Waals surface area contributed by atoms with Crippen LogP contribution in [0, 0.1) is 13.8 Å². The molecule has 0 aliphatic rings. The molecule has 0 saturated carbocycles. The molecule has 3 rings (SSSR count). The quantitative estimate of drug-likeness (QED) is 0.492. The van der Waals surface area contributed by atoms with Gasteiger partial charge in [-0.2, -0.15) is 5.10 Å². The molecular formula is C21H25ClN4OS. The molecule has 2 heterocycles. The number of amides is 1. The van der Waals surface area contributed by atoms with Gasteiger partial charge in [0, 0.05) is 11.1 Å². The minimum atomic E-state index is -0.140. The molecule has 1 amide bonds. The van der Waals surface area contributed by atoms with Gasteiger partial charge in [0.05, 0.1) is 28.5 Å². The number of aryl methyl sites for hydroxylation is 1. The first kappa shape index (κ1) is 20.6. The second-order valence-corrected chi connectivity index (χ2v) is 8.09. The number of halogens is 1. The van der Waals surface area contributed by atoms with E-state index in [1.54, 1.807) is 12.1 Å². The highest BCUT2D eigenvalue weighted by molar-refractivity contribution is 7.12. The van der Waals surface area contributed by atoms with Crippen molar-refractivity contribution in [2.75, 3.05) is 5.32 Å². The largest absolute Gasteiger partial charge is 0.324 e. The van der Waals surface area contributed by atoms with E-state index in [-0.39, 0.29) is 12.3 Å². The van der Waals surface area contributed by atoms with Gasteiger partial charge in [-0.05, 0) is 44.4 Å². The SMILES string of the molecule is CCCCCc1c(C)nn(-c2nc(CC(=O)Nc3ccccc3Cl)cs2)c1C. The molecular weight excluding hydrogens is 392 g/mol. The molecule has 0 fully saturated rings. The second kappa shape index (κ2) is 9.34. The highest BCUT2D eigenvalue weighted by Gasteiger charge is 2.16. The number of hydrogen-bond acceptors (Lipinski definition) is 4. The number of carbonyl (C=O) groups excluding carboxylic acids is 1. The van der Waals surface area contributed by atoms with E-state index in [0.29, 0.717) is 10.7 Å². The zero-order valence-electron chi connectivity index (χ0n) is 16.5. The summed E-state index contributed by atoms with van der Waals surface area (Å²) in [5.41, 5.74) is 4.84. The molecule has 5 nitrogen and oxygen atoms in total. The number of para-hydroxylation sites is 1. The number of nitrogens with one attached hydrogen (secondary N) is 1. The fourth-order valence-corrected chi connectivity index (χ4v) is 4.18. The van der Waals surface area contributed by atoms with E-state index >= 15 is 0 Å². The van der Waals surface area contributed by atoms with Crippen LogP contribution in [0.5, 0.6) is 0 Å². The number of benzene rings is 1. The van der Waals surface area contributed by atoms with Crippen LogP contribution >= 0.6 is 22.9 Å². The summed E-state index contributed by atoms with van der Waals surface area (Å²) in [6.07, 6.45) is 4.86. The minimum Gasteiger partial charge on any atom is -0.324 e. The number of anilines is 1. The average Bonchev–Trinajstić information content (AvgIpc) is 3.23. The van der Waals surface area contributed by atoms with Gasteiger partial charge in [0.15, 0.2) is 0 Å². The van der Waals surface area contributed by atoms with Gasteiger partial charge in [0.2, 0.25) is 11.0 Å². The summed E-state index contributed by atoms with van der Waals surface area (Å²) in [4.78, 5) is 16.9. The smallest absolute Gasteiger partial charge is 0.230 e. The maximum Gasteiger partial charge on any atom is 0.230 e. The molecule has 28 heavy (non-hydrogen) atoms. The van der Waals surface area contributed by atoms with Crippen molar-refractivity contribution >= 4 is 34.5 Å². The molecule has 0 aliphatic carbocycles. The Kier molecular flexibility index (Phi) is 6.86. The van der Waals surface area contributed by atoms with Gasteiger partial charge in [-0.3, -0.25) is 4.79 Å². The molecule has 0 saturated heterocycles. The van der Waals surface area contributed by atoms with Crippen molar-refractivity contribution in [3.05, 3.63) is 57.3 Å². The van der Waals surface area contributed by atoms with E-state index in [4.69, 9.17) is 11.6 Å². The van der Waals surface area contributed by atoms with Crippen LogP contribution < -0.4 is 5.32 Å². The van der Waals surface area contributed by atoms with Gasteiger partial charge in [0.1, 0.15) is 0 Å². The van der Waals surface area contributed by atoms with Crippen LogP contribution in [0.15, 0.2) is 29.6 Å². The molecule has 1 aromatic carbocycles. The third-order valence-corrected chi connectivity index (χ3v) is 5.88. The first-order chi connectivity index (χ1) is 13.5. The van der Waals surface area contributed by atoms with E-state index in [0.717, 1.165) is 28.6 Å². The van der Waals surface area contributed by atoms with Crippen LogP contribution in [0.25, 0.3) is 5.13 Å². The van der Waals surface area contributed by atoms with E-state index in [2.05, 4.69) is 36.2 Å². The Balaban J connectivity index is 1.69. The first-order valence-corrected chi connectivity index (χ1v) is 10.8. The van der Waals surface area contributed by atoms with Crippen molar-refractivity contribution in [1.82, 2.24) is 14.8 Å². The van der Waals surface area contributed by atoms with Crippen molar-refractivity contribution in [1.29, 1.82) is 0 Å². The van der Waals surface area contributed by atoms with Crippen LogP contribution in [0.3, 0.4) is 0 Å². The fraction of sp³-hybridized carbons (Fsp3) is 0.381. The van der Waals surface area contributed by atoms with E-state index in [9.17, 15) is 4.79 Å². The summed E-state index contributed by atoms with van der Waals surface area (Å²) >= 11 is 7.60. The number of carbonyl (C=O) groups is 1. The van der Waals surface area contributed by atoms with Gasteiger partial charge in [-0.1, -0.05) is 43.5 Å². The maximum absolute atomic E-state index is 12.3. The molecule has 0 radical (unpaired) electrons. The zero-order valence-corrected chi connectivity index (χ0v) is 18.0. The van der Waals surface area contributed by atoms with Crippen molar-refractivity contribution < 1.29 is 4.79 Å². The third kappa shape index (κ3) is 4.80. The number of unbranched alkanes of at least 4 members (excludes halogenated alkanes) is 2. The van der Waals surface area contributed by atoms with Crippen LogP contribution in [-0.2, 0) is 17.6 Å². The molecule has 2 aromatic heterocycles. The van der Waals surface area contributed by atoms with Gasteiger partial charge < -0.3 is 5.32 Å². The topological polar surface area (TPSA) is 59.8 Å². The van der Waals surface area contributed by atoms with Crippen molar-refractivity contribution in [3.63, 3.8) is 0 Å². The van der Waals surface area contributed by atoms with E-state index < -0.39 is 0 Å². The zero-order chi connectivity index (χ0) is 20.1. The number of hydrogen-bond donors (Lipinski definition) is 1. The lowest BCUT2D eigenvalue weighted by atomic mass is 10.1. The average molecular weight is 417 g/mol. The standard InChI is InChI=1S/C21H25ClN4OS/c1-4-5-6-9-17-14(2)25-26(15(17)3)21-23-16(13-28-21)12-20(27)24-19-11-8-7-10-18(19)22/h7-8,10-11,13H,4-6,9,12H2,1-3H3,(H,24,27). The predicted octanol–water partition coefficient (Wildman–Crippen LogP) is 5.51. The lowest BCUT2D eigenvalue weighted by Gasteiger charge is -2.05. The van der Waals surface area contributed by atoms with Gasteiger partial charge in [0.25, 0.3) is 0 Å². The Morgan fingerprint density at radius 3 is 2.79 bits per heavy atom. The van der Waals surface area contributed by atoms with Crippen molar-refractivity contribution in [2.24, 2.45) is 0 Å². The Morgan fingerprint density at radius 2 is 2.04 bits per heavy atom. The summed E-state index contributed by atoms with van der Waals surface area (Å²) in [5, 5.41) is 10.7. The summed E-state index contributed by atoms with van der Waals surface area (Å²) in [6.45, 7) is 6.35. The maximum atomic E-state index is 12.3. The monoisotopic (exact) mass is 416 g/mol. The lowest BCUT2D eigenvalue weighted by molar-refractivity contribution is -0.115. The molecule has 1 N–H and O–H groups in total. The van der Waals surface area contributed by atoms with Crippen molar-refractivity contribution in [2.45, 2.75) is 52.9 Å². The number of thiazole rings is 1. The summed E-state index contributed by atoms with van der Waals surface area (Å²) < 4.78 is 1.90. The fourth-order valence-electron chi connectivity index (χ4n) is 3.17. The third-order valence-electron chi connectivity index (χ3n) is 4.68. The molecule has 148 valence electrons. The van der Waals surface area contributed by atoms with Crippen LogP contribution in [0.1, 0.15) is 48.8 Å². The van der Waals surface area contributed by atoms with Crippen LogP contribution in [0.2, 0.25) is 5.02 Å². The molecule has 3 aromatic rings. The summed E-state index contributed by atoms with van der Waals surface area (Å²) in [6, 6.07) is 7.20. The van der Waals surface area contributed by atoms with E-state index in [1.807, 2.05) is 22.2 Å².